The van der Waals surface area contributed by atoms with Gasteiger partial charge in [-0.3, -0.25) is 0 Å². The van der Waals surface area contributed by atoms with E-state index >= 15 is 0 Å². The van der Waals surface area contributed by atoms with Gasteiger partial charge < -0.3 is 14.7 Å². The van der Waals surface area contributed by atoms with Gasteiger partial charge in [-0.15, -0.1) is 0 Å². The minimum atomic E-state index is 0.218. The summed E-state index contributed by atoms with van der Waals surface area (Å²) < 4.78 is 5.63. The van der Waals surface area contributed by atoms with E-state index in [1.165, 1.54) is 0 Å². The Morgan fingerprint density at radius 3 is 2.45 bits per heavy atom. The van der Waals surface area contributed by atoms with E-state index in [1.807, 2.05) is 38.4 Å². The molecule has 2 aromatic carbocycles. The summed E-state index contributed by atoms with van der Waals surface area (Å²) in [5.74, 6) is 1.03. The Bertz CT molecular complexity index is 567. The molecule has 106 valence electrons. The standard InChI is InChI=1S/C16H18ClNO2/c1-18(2)9-10-20-14-6-3-12(4-7-14)15-11-13(17)5-8-16(15)19/h3-8,11,19H,9-10H2,1-2H3. The number of ether oxygens (including phenoxy) is 1. The van der Waals surface area contributed by atoms with Crippen LogP contribution in [-0.2, 0) is 0 Å². The van der Waals surface area contributed by atoms with Crippen molar-refractivity contribution in [3.63, 3.8) is 0 Å². The SMILES string of the molecule is CN(C)CCOc1ccc(-c2cc(Cl)ccc2O)cc1. The van der Waals surface area contributed by atoms with Crippen LogP contribution in [0.15, 0.2) is 42.5 Å². The molecule has 20 heavy (non-hydrogen) atoms. The van der Waals surface area contributed by atoms with Crippen molar-refractivity contribution in [1.82, 2.24) is 4.90 Å². The maximum absolute atomic E-state index is 9.86. The fourth-order valence-electron chi connectivity index (χ4n) is 1.82. The van der Waals surface area contributed by atoms with Crippen molar-refractivity contribution in [2.75, 3.05) is 27.2 Å². The van der Waals surface area contributed by atoms with E-state index in [4.69, 9.17) is 16.3 Å². The predicted molar refractivity (Wildman–Crippen MR) is 82.6 cm³/mol. The van der Waals surface area contributed by atoms with Crippen molar-refractivity contribution in [3.05, 3.63) is 47.5 Å². The van der Waals surface area contributed by atoms with Gasteiger partial charge in [0.15, 0.2) is 0 Å². The third-order valence-corrected chi connectivity index (χ3v) is 3.17. The molecule has 0 fully saturated rings. The lowest BCUT2D eigenvalue weighted by Gasteiger charge is -2.11. The van der Waals surface area contributed by atoms with Gasteiger partial charge in [0.05, 0.1) is 0 Å². The van der Waals surface area contributed by atoms with E-state index in [0.29, 0.717) is 11.6 Å². The number of hydrogen-bond donors (Lipinski definition) is 1. The number of phenols is 1. The number of aromatic hydroxyl groups is 1. The Kier molecular flexibility index (Phi) is 4.88. The summed E-state index contributed by atoms with van der Waals surface area (Å²) in [6.45, 7) is 1.52. The molecule has 0 spiro atoms. The fraction of sp³-hybridized carbons (Fsp3) is 0.250. The fourth-order valence-corrected chi connectivity index (χ4v) is 1.99. The summed E-state index contributed by atoms with van der Waals surface area (Å²) in [6.07, 6.45) is 0. The number of benzene rings is 2. The molecule has 0 bridgehead atoms. The largest absolute Gasteiger partial charge is 0.507 e. The van der Waals surface area contributed by atoms with Crippen LogP contribution in [0, 0.1) is 0 Å². The van der Waals surface area contributed by atoms with Gasteiger partial charge >= 0.3 is 0 Å². The Hall–Kier alpha value is -1.71. The second kappa shape index (κ2) is 6.64. The van der Waals surface area contributed by atoms with Crippen LogP contribution in [0.4, 0.5) is 0 Å². The maximum atomic E-state index is 9.86. The lowest BCUT2D eigenvalue weighted by Crippen LogP contribution is -2.19. The second-order valence-electron chi connectivity index (χ2n) is 4.84. The molecular weight excluding hydrogens is 274 g/mol. The first-order chi connectivity index (χ1) is 9.56. The Morgan fingerprint density at radius 2 is 1.80 bits per heavy atom. The number of likely N-dealkylation sites (N-methyl/N-ethyl adjacent to an activating group) is 1. The van der Waals surface area contributed by atoms with E-state index < -0.39 is 0 Å². The molecule has 0 saturated carbocycles. The predicted octanol–water partition coefficient (Wildman–Crippen LogP) is 3.65. The molecule has 1 N–H and O–H groups in total. The van der Waals surface area contributed by atoms with Crippen molar-refractivity contribution < 1.29 is 9.84 Å². The molecule has 2 aromatic rings. The van der Waals surface area contributed by atoms with Crippen LogP contribution in [0.25, 0.3) is 11.1 Å². The highest BCUT2D eigenvalue weighted by atomic mass is 35.5. The second-order valence-corrected chi connectivity index (χ2v) is 5.27. The lowest BCUT2D eigenvalue weighted by molar-refractivity contribution is 0.261. The molecule has 3 nitrogen and oxygen atoms in total. The first-order valence-electron chi connectivity index (χ1n) is 6.43. The van der Waals surface area contributed by atoms with Crippen LogP contribution < -0.4 is 4.74 Å². The van der Waals surface area contributed by atoms with Gasteiger partial charge in [-0.1, -0.05) is 23.7 Å². The maximum Gasteiger partial charge on any atom is 0.123 e. The van der Waals surface area contributed by atoms with Crippen LogP contribution in [-0.4, -0.2) is 37.3 Å². The zero-order valence-corrected chi connectivity index (χ0v) is 12.4. The smallest absolute Gasteiger partial charge is 0.123 e. The minimum absolute atomic E-state index is 0.218. The van der Waals surface area contributed by atoms with Gasteiger partial charge in [0.2, 0.25) is 0 Å². The zero-order chi connectivity index (χ0) is 14.5. The zero-order valence-electron chi connectivity index (χ0n) is 11.6. The minimum Gasteiger partial charge on any atom is -0.507 e. The number of hydrogen-bond acceptors (Lipinski definition) is 3. The van der Waals surface area contributed by atoms with Crippen LogP contribution in [0.2, 0.25) is 5.02 Å². The Balaban J connectivity index is 2.09. The summed E-state index contributed by atoms with van der Waals surface area (Å²) in [7, 11) is 4.02. The van der Waals surface area contributed by atoms with E-state index in [9.17, 15) is 5.11 Å². The van der Waals surface area contributed by atoms with Gasteiger partial charge in [-0.2, -0.15) is 0 Å². The summed E-state index contributed by atoms with van der Waals surface area (Å²) >= 11 is 5.96. The van der Waals surface area contributed by atoms with Gasteiger partial charge in [-0.25, -0.2) is 0 Å². The molecule has 0 unspecified atom stereocenters. The van der Waals surface area contributed by atoms with Crippen LogP contribution in [0.1, 0.15) is 0 Å². The van der Waals surface area contributed by atoms with E-state index in [-0.39, 0.29) is 5.75 Å². The quantitative estimate of drug-likeness (QED) is 0.913. The van der Waals surface area contributed by atoms with Gasteiger partial charge in [0.25, 0.3) is 0 Å². The molecule has 0 radical (unpaired) electrons. The van der Waals surface area contributed by atoms with E-state index in [1.54, 1.807) is 18.2 Å². The number of phenolic OH excluding ortho intramolecular Hbond substituents is 1. The average molecular weight is 292 g/mol. The van der Waals surface area contributed by atoms with Crippen LogP contribution in [0.3, 0.4) is 0 Å². The van der Waals surface area contributed by atoms with Gasteiger partial charge in [0, 0.05) is 17.1 Å². The number of halogens is 1. The lowest BCUT2D eigenvalue weighted by atomic mass is 10.0. The highest BCUT2D eigenvalue weighted by molar-refractivity contribution is 6.31. The molecule has 0 aliphatic heterocycles. The molecule has 2 rings (SSSR count). The van der Waals surface area contributed by atoms with Crippen molar-refractivity contribution in [2.45, 2.75) is 0 Å². The van der Waals surface area contributed by atoms with Gasteiger partial charge in [-0.05, 0) is 50.0 Å². The molecule has 0 saturated heterocycles. The molecule has 0 aliphatic carbocycles. The third kappa shape index (κ3) is 3.89. The number of nitrogens with zero attached hydrogens (tertiary/aromatic N) is 1. The van der Waals surface area contributed by atoms with Crippen LogP contribution >= 0.6 is 11.6 Å². The Morgan fingerprint density at radius 1 is 1.10 bits per heavy atom. The first kappa shape index (κ1) is 14.7. The van der Waals surface area contributed by atoms with Crippen molar-refractivity contribution in [1.29, 1.82) is 0 Å². The molecule has 0 atom stereocenters. The van der Waals surface area contributed by atoms with Crippen LogP contribution in [0.5, 0.6) is 11.5 Å². The summed E-state index contributed by atoms with van der Waals surface area (Å²) in [6, 6.07) is 12.6. The summed E-state index contributed by atoms with van der Waals surface area (Å²) in [5, 5.41) is 10.5. The third-order valence-electron chi connectivity index (χ3n) is 2.93. The molecule has 4 heteroatoms. The summed E-state index contributed by atoms with van der Waals surface area (Å²) in [4.78, 5) is 2.07. The highest BCUT2D eigenvalue weighted by Crippen LogP contribution is 2.32. The summed E-state index contributed by atoms with van der Waals surface area (Å²) in [5.41, 5.74) is 1.63. The molecule has 0 aliphatic rings. The van der Waals surface area contributed by atoms with Crippen molar-refractivity contribution in [3.8, 4) is 22.6 Å². The van der Waals surface area contributed by atoms with Gasteiger partial charge in [0.1, 0.15) is 18.1 Å². The topological polar surface area (TPSA) is 32.7 Å². The van der Waals surface area contributed by atoms with Crippen molar-refractivity contribution in [2.24, 2.45) is 0 Å². The van der Waals surface area contributed by atoms with E-state index in [0.717, 1.165) is 23.4 Å². The highest BCUT2D eigenvalue weighted by Gasteiger charge is 2.05. The van der Waals surface area contributed by atoms with E-state index in [2.05, 4.69) is 4.90 Å². The molecular formula is C16H18ClNO2. The molecule has 0 heterocycles. The first-order valence-corrected chi connectivity index (χ1v) is 6.80. The van der Waals surface area contributed by atoms with Crippen molar-refractivity contribution >= 4 is 11.6 Å². The number of rotatable bonds is 5. The Labute approximate surface area is 124 Å². The normalized spacial score (nSPS) is 10.8. The average Bonchev–Trinajstić information content (AvgIpc) is 2.42. The molecule has 0 amide bonds. The monoisotopic (exact) mass is 291 g/mol. The molecule has 0 aromatic heterocycles.